The molecule has 2 heteroatoms. The second kappa shape index (κ2) is 5.47. The third kappa shape index (κ3) is 2.18. The molecular weight excluding hydrogens is 280 g/mol. The number of fused-ring (bicyclic) bond motifs is 2. The fraction of sp³-hybridized carbons (Fsp3) is 0.143. The van der Waals surface area contributed by atoms with E-state index >= 15 is 0 Å². The molecule has 23 heavy (non-hydrogen) atoms. The molecule has 4 rings (SSSR count). The fourth-order valence-corrected chi connectivity index (χ4v) is 3.43. The Bertz CT molecular complexity index is 1020. The summed E-state index contributed by atoms with van der Waals surface area (Å²) in [5.74, 6) is 0. The molecule has 2 aromatic carbocycles. The van der Waals surface area contributed by atoms with E-state index in [-0.39, 0.29) is 0 Å². The predicted molar refractivity (Wildman–Crippen MR) is 93.9 cm³/mol. The Labute approximate surface area is 136 Å². The third-order valence-electron chi connectivity index (χ3n) is 4.60. The maximum Gasteiger partial charge on any atom is 0.277 e. The van der Waals surface area contributed by atoms with Gasteiger partial charge in [-0.05, 0) is 31.2 Å². The van der Waals surface area contributed by atoms with Crippen molar-refractivity contribution < 1.29 is 9.13 Å². The molecule has 0 aliphatic heterocycles. The first-order valence-corrected chi connectivity index (χ1v) is 8.09. The molecule has 2 heterocycles. The predicted octanol–water partition coefficient (Wildman–Crippen LogP) is 3.79. The van der Waals surface area contributed by atoms with Crippen molar-refractivity contribution in [3.63, 3.8) is 0 Å². The molecule has 2 aromatic heterocycles. The number of pyridine rings is 2. The summed E-state index contributed by atoms with van der Waals surface area (Å²) in [7, 11) is 2.15. The van der Waals surface area contributed by atoms with Gasteiger partial charge in [0.1, 0.15) is 13.6 Å². The van der Waals surface area contributed by atoms with Crippen LogP contribution in [0.5, 0.6) is 0 Å². The number of rotatable bonds is 2. The standard InChI is InChI=1S/C21H20N2/c1-3-23-19-11-7-5-9-17(19)13-15-21(23)20-14-12-16-8-4-6-10-18(16)22(20)2/h4-15H,3H2,1-2H3/q+2. The van der Waals surface area contributed by atoms with Crippen molar-refractivity contribution in [1.29, 1.82) is 0 Å². The van der Waals surface area contributed by atoms with Gasteiger partial charge in [-0.15, -0.1) is 0 Å². The van der Waals surface area contributed by atoms with Gasteiger partial charge >= 0.3 is 0 Å². The molecular formula is C21H20N2+2. The van der Waals surface area contributed by atoms with Crippen LogP contribution in [0.3, 0.4) is 0 Å². The zero-order chi connectivity index (χ0) is 15.8. The van der Waals surface area contributed by atoms with Gasteiger partial charge in [0.05, 0.1) is 0 Å². The van der Waals surface area contributed by atoms with Crippen molar-refractivity contribution in [2.24, 2.45) is 7.05 Å². The first-order valence-electron chi connectivity index (χ1n) is 8.09. The topological polar surface area (TPSA) is 7.76 Å². The van der Waals surface area contributed by atoms with E-state index in [1.165, 1.54) is 33.2 Å². The molecule has 0 atom stereocenters. The minimum absolute atomic E-state index is 0.948. The summed E-state index contributed by atoms with van der Waals surface area (Å²) < 4.78 is 4.67. The SMILES string of the molecule is CC[n+]1c(-c2ccc3ccccc3[n+]2C)ccc2ccccc21. The minimum Gasteiger partial charge on any atom is -0.189 e. The van der Waals surface area contributed by atoms with E-state index in [1.54, 1.807) is 0 Å². The third-order valence-corrected chi connectivity index (χ3v) is 4.60. The lowest BCUT2D eigenvalue weighted by molar-refractivity contribution is -0.677. The van der Waals surface area contributed by atoms with Crippen molar-refractivity contribution in [2.45, 2.75) is 13.5 Å². The maximum atomic E-state index is 2.39. The number of aryl methyl sites for hydroxylation is 2. The molecule has 0 radical (unpaired) electrons. The first-order chi connectivity index (χ1) is 11.3. The Kier molecular flexibility index (Phi) is 3.30. The number of hydrogen-bond acceptors (Lipinski definition) is 0. The molecule has 0 N–H and O–H groups in total. The normalized spacial score (nSPS) is 11.2. The van der Waals surface area contributed by atoms with Crippen LogP contribution in [0.2, 0.25) is 0 Å². The molecule has 0 amide bonds. The van der Waals surface area contributed by atoms with E-state index in [2.05, 4.69) is 95.9 Å². The van der Waals surface area contributed by atoms with E-state index in [0.29, 0.717) is 0 Å². The summed E-state index contributed by atoms with van der Waals surface area (Å²) in [6.07, 6.45) is 0. The van der Waals surface area contributed by atoms with Crippen LogP contribution in [0, 0.1) is 0 Å². The maximum absolute atomic E-state index is 2.39. The zero-order valence-electron chi connectivity index (χ0n) is 13.5. The lowest BCUT2D eigenvalue weighted by Gasteiger charge is -2.06. The number of nitrogens with zero attached hydrogens (tertiary/aromatic N) is 2. The highest BCUT2D eigenvalue weighted by Gasteiger charge is 2.23. The highest BCUT2D eigenvalue weighted by molar-refractivity contribution is 5.79. The van der Waals surface area contributed by atoms with Gasteiger partial charge in [-0.2, -0.15) is 9.13 Å². The van der Waals surface area contributed by atoms with E-state index in [1.807, 2.05) is 0 Å². The number of para-hydroxylation sites is 2. The minimum atomic E-state index is 0.948. The lowest BCUT2D eigenvalue weighted by Crippen LogP contribution is -2.41. The van der Waals surface area contributed by atoms with Gasteiger partial charge in [-0.25, -0.2) is 0 Å². The smallest absolute Gasteiger partial charge is 0.189 e. The number of aromatic nitrogens is 2. The molecule has 0 unspecified atom stereocenters. The molecule has 112 valence electrons. The van der Waals surface area contributed by atoms with Gasteiger partial charge < -0.3 is 0 Å². The summed E-state index contributed by atoms with van der Waals surface area (Å²) >= 11 is 0. The first kappa shape index (κ1) is 13.9. The molecule has 0 saturated heterocycles. The summed E-state index contributed by atoms with van der Waals surface area (Å²) in [5.41, 5.74) is 5.01. The van der Waals surface area contributed by atoms with Crippen LogP contribution in [0.15, 0.2) is 72.8 Å². The Morgan fingerprint density at radius 1 is 0.652 bits per heavy atom. The Balaban J connectivity index is 2.04. The van der Waals surface area contributed by atoms with Crippen LogP contribution in [-0.4, -0.2) is 0 Å². The van der Waals surface area contributed by atoms with Crippen molar-refractivity contribution in [3.05, 3.63) is 72.8 Å². The molecule has 4 aromatic rings. The number of benzene rings is 2. The molecule has 0 aliphatic rings. The molecule has 0 aliphatic carbocycles. The molecule has 0 saturated carbocycles. The van der Waals surface area contributed by atoms with Gasteiger partial charge in [-0.3, -0.25) is 0 Å². The van der Waals surface area contributed by atoms with Gasteiger partial charge in [-0.1, -0.05) is 24.3 Å². The van der Waals surface area contributed by atoms with Crippen molar-refractivity contribution in [2.75, 3.05) is 0 Å². The number of hydrogen-bond donors (Lipinski definition) is 0. The Hall–Kier alpha value is -2.74. The van der Waals surface area contributed by atoms with E-state index in [0.717, 1.165) is 6.54 Å². The highest BCUT2D eigenvalue weighted by atomic mass is 15.0. The van der Waals surface area contributed by atoms with E-state index in [4.69, 9.17) is 0 Å². The quantitative estimate of drug-likeness (QED) is 0.498. The summed E-state index contributed by atoms with van der Waals surface area (Å²) in [4.78, 5) is 0. The van der Waals surface area contributed by atoms with Crippen LogP contribution in [0.4, 0.5) is 0 Å². The highest BCUT2D eigenvalue weighted by Crippen LogP contribution is 2.19. The average molecular weight is 300 g/mol. The molecule has 2 nitrogen and oxygen atoms in total. The van der Waals surface area contributed by atoms with E-state index in [9.17, 15) is 0 Å². The molecule has 0 bridgehead atoms. The van der Waals surface area contributed by atoms with Gasteiger partial charge in [0.2, 0.25) is 11.0 Å². The second-order valence-electron chi connectivity index (χ2n) is 5.86. The van der Waals surface area contributed by atoms with Crippen LogP contribution in [0.1, 0.15) is 6.92 Å². The van der Waals surface area contributed by atoms with Crippen molar-refractivity contribution in [1.82, 2.24) is 0 Å². The van der Waals surface area contributed by atoms with Crippen LogP contribution < -0.4 is 9.13 Å². The summed E-state index contributed by atoms with van der Waals surface area (Å²) in [6.45, 7) is 3.15. The fourth-order valence-electron chi connectivity index (χ4n) is 3.43. The van der Waals surface area contributed by atoms with E-state index < -0.39 is 0 Å². The second-order valence-corrected chi connectivity index (χ2v) is 5.86. The monoisotopic (exact) mass is 300 g/mol. The van der Waals surface area contributed by atoms with Crippen molar-refractivity contribution in [3.8, 4) is 11.4 Å². The van der Waals surface area contributed by atoms with Gasteiger partial charge in [0, 0.05) is 35.0 Å². The summed E-state index contributed by atoms with van der Waals surface area (Å²) in [5, 5.41) is 2.55. The van der Waals surface area contributed by atoms with Crippen LogP contribution >= 0.6 is 0 Å². The van der Waals surface area contributed by atoms with Crippen molar-refractivity contribution >= 4 is 21.8 Å². The largest absolute Gasteiger partial charge is 0.277 e. The Morgan fingerprint density at radius 3 is 1.91 bits per heavy atom. The molecule has 0 fully saturated rings. The lowest BCUT2D eigenvalue weighted by atomic mass is 10.1. The Morgan fingerprint density at radius 2 is 1.22 bits per heavy atom. The average Bonchev–Trinajstić information content (AvgIpc) is 2.61. The summed E-state index contributed by atoms with van der Waals surface area (Å²) in [6, 6.07) is 26.0. The van der Waals surface area contributed by atoms with Gasteiger partial charge in [0.15, 0.2) is 0 Å². The van der Waals surface area contributed by atoms with Crippen LogP contribution in [-0.2, 0) is 13.6 Å². The zero-order valence-corrected chi connectivity index (χ0v) is 13.5. The van der Waals surface area contributed by atoms with Gasteiger partial charge in [0.25, 0.3) is 11.4 Å². The molecule has 0 spiro atoms. The van der Waals surface area contributed by atoms with Crippen LogP contribution in [0.25, 0.3) is 33.2 Å².